The van der Waals surface area contributed by atoms with E-state index < -0.39 is 6.36 Å². The third-order valence-corrected chi connectivity index (χ3v) is 6.73. The van der Waals surface area contributed by atoms with Gasteiger partial charge in [0.15, 0.2) is 0 Å². The Bertz CT molecular complexity index is 723. The van der Waals surface area contributed by atoms with Crippen molar-refractivity contribution in [2.75, 3.05) is 6.61 Å². The van der Waals surface area contributed by atoms with E-state index >= 15 is 0 Å². The molecule has 0 bridgehead atoms. The van der Waals surface area contributed by atoms with Crippen molar-refractivity contribution in [1.29, 1.82) is 5.26 Å². The zero-order chi connectivity index (χ0) is 22.1. The summed E-state index contributed by atoms with van der Waals surface area (Å²) in [6.45, 7) is 0.825. The summed E-state index contributed by atoms with van der Waals surface area (Å²) in [5.41, 5.74) is 1.09. The van der Waals surface area contributed by atoms with E-state index in [2.05, 4.69) is 4.74 Å². The summed E-state index contributed by atoms with van der Waals surface area (Å²) in [4.78, 5) is 0. The molecule has 2 saturated carbocycles. The highest BCUT2D eigenvalue weighted by Gasteiger charge is 2.31. The summed E-state index contributed by atoms with van der Waals surface area (Å²) in [6, 6.07) is 8.38. The highest BCUT2D eigenvalue weighted by molar-refractivity contribution is 5.29. The van der Waals surface area contributed by atoms with Crippen molar-refractivity contribution in [1.82, 2.24) is 0 Å². The zero-order valence-corrected chi connectivity index (χ0v) is 17.9. The van der Waals surface area contributed by atoms with Crippen LogP contribution in [0.5, 0.6) is 5.75 Å². The fraction of sp³-hybridized carbons (Fsp3) is 0.640. The van der Waals surface area contributed by atoms with Crippen molar-refractivity contribution < 1.29 is 22.6 Å². The van der Waals surface area contributed by atoms with Gasteiger partial charge in [0.25, 0.3) is 0 Å². The molecule has 0 unspecified atom stereocenters. The average molecular weight is 436 g/mol. The number of rotatable bonds is 8. The SMILES string of the molecule is N#CC=CCCC1CCC(OCC2CCC(c3ccc(OC(F)(F)F)cc3)CC2)CC1. The molecule has 2 fully saturated rings. The first kappa shape index (κ1) is 23.7. The number of nitriles is 1. The van der Waals surface area contributed by atoms with Gasteiger partial charge in [-0.25, -0.2) is 0 Å². The molecule has 1 aromatic carbocycles. The Kier molecular flexibility index (Phi) is 8.83. The summed E-state index contributed by atoms with van der Waals surface area (Å²) in [5, 5.41) is 8.53. The normalized spacial score (nSPS) is 27.2. The monoisotopic (exact) mass is 435 g/mol. The summed E-state index contributed by atoms with van der Waals surface area (Å²) < 4.78 is 47.1. The molecule has 0 atom stereocenters. The Balaban J connectivity index is 1.32. The number of hydrogen-bond acceptors (Lipinski definition) is 3. The van der Waals surface area contributed by atoms with E-state index in [1.165, 1.54) is 25.0 Å². The van der Waals surface area contributed by atoms with Gasteiger partial charge in [-0.1, -0.05) is 18.2 Å². The summed E-state index contributed by atoms with van der Waals surface area (Å²) in [6.07, 6.45) is 10.4. The van der Waals surface area contributed by atoms with Gasteiger partial charge in [0.05, 0.1) is 12.2 Å². The quantitative estimate of drug-likeness (QED) is 0.403. The maximum absolute atomic E-state index is 12.3. The lowest BCUT2D eigenvalue weighted by Gasteiger charge is -2.32. The smallest absolute Gasteiger partial charge is 0.406 e. The van der Waals surface area contributed by atoms with Gasteiger partial charge < -0.3 is 9.47 Å². The number of nitrogens with zero attached hydrogens (tertiary/aromatic N) is 1. The molecule has 0 aromatic heterocycles. The lowest BCUT2D eigenvalue weighted by molar-refractivity contribution is -0.274. The van der Waals surface area contributed by atoms with Gasteiger partial charge >= 0.3 is 6.36 Å². The van der Waals surface area contributed by atoms with Crippen LogP contribution >= 0.6 is 0 Å². The molecule has 170 valence electrons. The molecule has 0 N–H and O–H groups in total. The number of hydrogen-bond donors (Lipinski definition) is 0. The molecular weight excluding hydrogens is 403 g/mol. The number of allylic oxidation sites excluding steroid dienone is 2. The van der Waals surface area contributed by atoms with Gasteiger partial charge in [-0.05, 0) is 99.7 Å². The van der Waals surface area contributed by atoms with Gasteiger partial charge in [0.1, 0.15) is 5.75 Å². The molecule has 0 amide bonds. The predicted molar refractivity (Wildman–Crippen MR) is 114 cm³/mol. The minimum absolute atomic E-state index is 0.160. The Labute approximate surface area is 183 Å². The minimum Gasteiger partial charge on any atom is -0.406 e. The molecule has 2 aliphatic rings. The first-order valence-electron chi connectivity index (χ1n) is 11.4. The topological polar surface area (TPSA) is 42.2 Å². The Hall–Kier alpha value is -2.00. The Morgan fingerprint density at radius 2 is 1.58 bits per heavy atom. The summed E-state index contributed by atoms with van der Waals surface area (Å²) >= 11 is 0. The zero-order valence-electron chi connectivity index (χ0n) is 17.9. The number of halogens is 3. The number of alkyl halides is 3. The van der Waals surface area contributed by atoms with Crippen molar-refractivity contribution in [3.8, 4) is 11.8 Å². The lowest BCUT2D eigenvalue weighted by Crippen LogP contribution is -2.25. The van der Waals surface area contributed by atoms with Gasteiger partial charge in [-0.15, -0.1) is 13.2 Å². The van der Waals surface area contributed by atoms with Crippen LogP contribution in [0.4, 0.5) is 13.2 Å². The molecule has 2 aliphatic carbocycles. The largest absolute Gasteiger partial charge is 0.573 e. The second-order valence-corrected chi connectivity index (χ2v) is 8.92. The van der Waals surface area contributed by atoms with Crippen molar-refractivity contribution in [2.45, 2.75) is 82.6 Å². The fourth-order valence-electron chi connectivity index (χ4n) is 4.93. The Morgan fingerprint density at radius 1 is 0.935 bits per heavy atom. The first-order chi connectivity index (χ1) is 14.9. The molecule has 1 aromatic rings. The number of ether oxygens (including phenoxy) is 2. The molecule has 0 spiro atoms. The lowest BCUT2D eigenvalue weighted by atomic mass is 9.79. The number of benzene rings is 1. The van der Waals surface area contributed by atoms with Crippen LogP contribution in [0.2, 0.25) is 0 Å². The fourth-order valence-corrected chi connectivity index (χ4v) is 4.93. The summed E-state index contributed by atoms with van der Waals surface area (Å²) in [5.74, 6) is 1.58. The van der Waals surface area contributed by atoms with Crippen molar-refractivity contribution >= 4 is 0 Å². The van der Waals surface area contributed by atoms with E-state index in [1.54, 1.807) is 18.2 Å². The predicted octanol–water partition coefficient (Wildman–Crippen LogP) is 7.29. The Morgan fingerprint density at radius 3 is 2.19 bits per heavy atom. The molecule has 0 heterocycles. The van der Waals surface area contributed by atoms with Crippen LogP contribution in [0, 0.1) is 23.2 Å². The second-order valence-electron chi connectivity index (χ2n) is 8.92. The van der Waals surface area contributed by atoms with Crippen molar-refractivity contribution in [2.24, 2.45) is 11.8 Å². The van der Waals surface area contributed by atoms with Crippen LogP contribution < -0.4 is 4.74 Å². The maximum atomic E-state index is 12.3. The third kappa shape index (κ3) is 8.22. The molecule has 6 heteroatoms. The van der Waals surface area contributed by atoms with E-state index in [4.69, 9.17) is 10.00 Å². The van der Waals surface area contributed by atoms with Gasteiger partial charge in [0.2, 0.25) is 0 Å². The molecule has 3 rings (SSSR count). The van der Waals surface area contributed by atoms with Crippen LogP contribution in [0.3, 0.4) is 0 Å². The highest BCUT2D eigenvalue weighted by atomic mass is 19.4. The highest BCUT2D eigenvalue weighted by Crippen LogP contribution is 2.37. The molecule has 0 aliphatic heterocycles. The van der Waals surface area contributed by atoms with E-state index in [1.807, 2.05) is 12.1 Å². The van der Waals surface area contributed by atoms with Crippen LogP contribution in [-0.4, -0.2) is 19.1 Å². The third-order valence-electron chi connectivity index (χ3n) is 6.73. The van der Waals surface area contributed by atoms with Gasteiger partial charge in [0, 0.05) is 12.7 Å². The van der Waals surface area contributed by atoms with Gasteiger partial charge in [-0.2, -0.15) is 5.26 Å². The van der Waals surface area contributed by atoms with Crippen LogP contribution in [-0.2, 0) is 4.74 Å². The van der Waals surface area contributed by atoms with Crippen molar-refractivity contribution in [3.63, 3.8) is 0 Å². The van der Waals surface area contributed by atoms with E-state index in [-0.39, 0.29) is 5.75 Å². The second kappa shape index (κ2) is 11.6. The standard InChI is InChI=1S/C25H32F3NO2/c26-25(27,28)31-24-15-11-22(12-16-24)21-9-5-20(6-10-21)18-30-23-13-7-19(8-14-23)4-2-1-3-17-29/h1,3,11-12,15-16,19-21,23H,2,4-10,13-14,18H2. The average Bonchev–Trinajstić information content (AvgIpc) is 2.76. The van der Waals surface area contributed by atoms with Crippen LogP contribution in [0.25, 0.3) is 0 Å². The molecule has 0 radical (unpaired) electrons. The van der Waals surface area contributed by atoms with Crippen LogP contribution in [0.1, 0.15) is 75.7 Å². The molecule has 31 heavy (non-hydrogen) atoms. The van der Waals surface area contributed by atoms with E-state index in [0.29, 0.717) is 17.9 Å². The summed E-state index contributed by atoms with van der Waals surface area (Å²) in [7, 11) is 0. The molecular formula is C25H32F3NO2. The molecule has 0 saturated heterocycles. The minimum atomic E-state index is -4.64. The maximum Gasteiger partial charge on any atom is 0.573 e. The van der Waals surface area contributed by atoms with Gasteiger partial charge in [-0.3, -0.25) is 0 Å². The van der Waals surface area contributed by atoms with Crippen LogP contribution in [0.15, 0.2) is 36.4 Å². The van der Waals surface area contributed by atoms with Crippen molar-refractivity contribution in [3.05, 3.63) is 42.0 Å². The van der Waals surface area contributed by atoms with E-state index in [9.17, 15) is 13.2 Å². The first-order valence-corrected chi connectivity index (χ1v) is 11.4. The molecule has 3 nitrogen and oxygen atoms in total. The van der Waals surface area contributed by atoms with E-state index in [0.717, 1.165) is 69.5 Å².